The number of hydrogen-bond acceptors (Lipinski definition) is 2. The molecule has 1 aromatic carbocycles. The Morgan fingerprint density at radius 2 is 2.17 bits per heavy atom. The molecule has 0 aliphatic heterocycles. The van der Waals surface area contributed by atoms with Crippen molar-refractivity contribution in [2.24, 2.45) is 0 Å². The average Bonchev–Trinajstić information content (AvgIpc) is 2.06. The van der Waals surface area contributed by atoms with E-state index in [2.05, 4.69) is 6.07 Å². The van der Waals surface area contributed by atoms with Gasteiger partial charge in [-0.3, -0.25) is 0 Å². The molecule has 1 nitrogen and oxygen atoms in total. The highest BCUT2D eigenvalue weighted by molar-refractivity contribution is 7.98. The Labute approximate surface area is 81.3 Å². The van der Waals surface area contributed by atoms with Gasteiger partial charge in [0.2, 0.25) is 0 Å². The van der Waals surface area contributed by atoms with Crippen LogP contribution in [0.25, 0.3) is 0 Å². The molecule has 0 amide bonds. The molecule has 0 heterocycles. The smallest absolute Gasteiger partial charge is 0.101 e. The van der Waals surface area contributed by atoms with Crippen molar-refractivity contribution in [1.82, 2.24) is 0 Å². The largest absolute Gasteiger partial charge is 0.192 e. The van der Waals surface area contributed by atoms with Gasteiger partial charge in [-0.1, -0.05) is 17.7 Å². The van der Waals surface area contributed by atoms with Gasteiger partial charge < -0.3 is 0 Å². The Morgan fingerprint density at radius 3 is 2.67 bits per heavy atom. The molecule has 0 saturated carbocycles. The van der Waals surface area contributed by atoms with E-state index in [-0.39, 0.29) is 0 Å². The highest BCUT2D eigenvalue weighted by atomic mass is 35.5. The molecule has 0 N–H and O–H groups in total. The first-order valence-electron chi connectivity index (χ1n) is 3.44. The number of thioether (sulfide) groups is 1. The van der Waals surface area contributed by atoms with Crippen LogP contribution in [0.15, 0.2) is 17.0 Å². The molecule has 1 rings (SSSR count). The topological polar surface area (TPSA) is 23.8 Å². The molecule has 1 aromatic rings. The van der Waals surface area contributed by atoms with Crippen molar-refractivity contribution in [2.45, 2.75) is 11.8 Å². The Balaban J connectivity index is 3.36. The first-order valence-corrected chi connectivity index (χ1v) is 5.04. The third-order valence-corrected chi connectivity index (χ3v) is 2.93. The summed E-state index contributed by atoms with van der Waals surface area (Å²) in [6, 6.07) is 5.94. The summed E-state index contributed by atoms with van der Waals surface area (Å²) in [5, 5.41) is 9.35. The van der Waals surface area contributed by atoms with Gasteiger partial charge in [-0.2, -0.15) is 5.26 Å². The molecule has 0 bridgehead atoms. The average molecular weight is 198 g/mol. The maximum Gasteiger partial charge on any atom is 0.101 e. The molecular weight excluding hydrogens is 190 g/mol. The van der Waals surface area contributed by atoms with Gasteiger partial charge >= 0.3 is 0 Å². The summed E-state index contributed by atoms with van der Waals surface area (Å²) in [5.41, 5.74) is 1.52. The van der Waals surface area contributed by atoms with Crippen LogP contribution in [0, 0.1) is 18.3 Å². The molecule has 12 heavy (non-hydrogen) atoms. The van der Waals surface area contributed by atoms with Gasteiger partial charge in [-0.15, -0.1) is 11.8 Å². The van der Waals surface area contributed by atoms with Gasteiger partial charge in [-0.05, 0) is 24.8 Å². The normalized spacial score (nSPS) is 9.50. The fourth-order valence-electron chi connectivity index (χ4n) is 0.948. The fraction of sp³-hybridized carbons (Fsp3) is 0.222. The van der Waals surface area contributed by atoms with Crippen LogP contribution < -0.4 is 0 Å². The van der Waals surface area contributed by atoms with E-state index in [1.54, 1.807) is 11.8 Å². The van der Waals surface area contributed by atoms with Crippen LogP contribution in [0.2, 0.25) is 5.02 Å². The van der Waals surface area contributed by atoms with E-state index in [0.717, 1.165) is 10.5 Å². The molecule has 0 aliphatic carbocycles. The summed E-state index contributed by atoms with van der Waals surface area (Å²) in [6.07, 6.45) is 1.94. The van der Waals surface area contributed by atoms with Crippen LogP contribution in [-0.4, -0.2) is 6.26 Å². The molecule has 0 fully saturated rings. The molecule has 0 aliphatic rings. The summed E-state index contributed by atoms with van der Waals surface area (Å²) in [4.78, 5) is 0.957. The zero-order valence-corrected chi connectivity index (χ0v) is 8.46. The van der Waals surface area contributed by atoms with Crippen molar-refractivity contribution in [1.29, 1.82) is 5.26 Å². The molecule has 3 heteroatoms. The van der Waals surface area contributed by atoms with Crippen molar-refractivity contribution in [3.63, 3.8) is 0 Å². The minimum atomic E-state index is 0.574. The predicted molar refractivity (Wildman–Crippen MR) is 52.7 cm³/mol. The molecule has 62 valence electrons. The standard InChI is InChI=1S/C9H8ClNS/c1-6-3-4-8(12-2)9(10)7(6)5-11/h3-4H,1-2H3. The third kappa shape index (κ3) is 1.57. The predicted octanol–water partition coefficient (Wildman–Crippen LogP) is 3.24. The third-order valence-electron chi connectivity index (χ3n) is 1.65. The van der Waals surface area contributed by atoms with Gasteiger partial charge in [0.05, 0.1) is 10.6 Å². The number of nitrogens with zero attached hydrogens (tertiary/aromatic N) is 1. The van der Waals surface area contributed by atoms with E-state index in [1.165, 1.54) is 0 Å². The van der Waals surface area contributed by atoms with Gasteiger partial charge in [0.1, 0.15) is 6.07 Å². The number of aryl methyl sites for hydroxylation is 1. The maximum atomic E-state index is 8.78. The number of benzene rings is 1. The lowest BCUT2D eigenvalue weighted by Crippen LogP contribution is -1.85. The van der Waals surface area contributed by atoms with Gasteiger partial charge in [0.15, 0.2) is 0 Å². The van der Waals surface area contributed by atoms with Crippen molar-refractivity contribution in [3.8, 4) is 6.07 Å². The van der Waals surface area contributed by atoms with Crippen molar-refractivity contribution in [2.75, 3.05) is 6.26 Å². The van der Waals surface area contributed by atoms with E-state index in [9.17, 15) is 0 Å². The Hall–Kier alpha value is -0.650. The summed E-state index contributed by atoms with van der Waals surface area (Å²) in [6.45, 7) is 1.88. The molecule has 0 aromatic heterocycles. The van der Waals surface area contributed by atoms with Crippen molar-refractivity contribution in [3.05, 3.63) is 28.3 Å². The lowest BCUT2D eigenvalue weighted by Gasteiger charge is -2.03. The second-order valence-corrected chi connectivity index (χ2v) is 3.61. The lowest BCUT2D eigenvalue weighted by molar-refractivity contribution is 1.33. The number of nitriles is 1. The van der Waals surface area contributed by atoms with Gasteiger partial charge in [-0.25, -0.2) is 0 Å². The summed E-state index contributed by atoms with van der Waals surface area (Å²) in [5.74, 6) is 0. The first kappa shape index (κ1) is 9.44. The Bertz CT molecular complexity index is 341. The van der Waals surface area contributed by atoms with Crippen molar-refractivity contribution < 1.29 is 0 Å². The minimum absolute atomic E-state index is 0.574. The summed E-state index contributed by atoms with van der Waals surface area (Å²) >= 11 is 7.52. The van der Waals surface area contributed by atoms with Gasteiger partial charge in [0.25, 0.3) is 0 Å². The summed E-state index contributed by atoms with van der Waals surface area (Å²) in [7, 11) is 0. The lowest BCUT2D eigenvalue weighted by atomic mass is 10.1. The minimum Gasteiger partial charge on any atom is -0.192 e. The van der Waals surface area contributed by atoms with E-state index in [1.807, 2.05) is 25.3 Å². The van der Waals surface area contributed by atoms with Crippen LogP contribution in [0.5, 0.6) is 0 Å². The number of rotatable bonds is 1. The highest BCUT2D eigenvalue weighted by Crippen LogP contribution is 2.29. The van der Waals surface area contributed by atoms with Crippen LogP contribution in [0.4, 0.5) is 0 Å². The second kappa shape index (κ2) is 3.84. The molecule has 0 saturated heterocycles. The molecule has 0 spiro atoms. The monoisotopic (exact) mass is 197 g/mol. The van der Waals surface area contributed by atoms with Gasteiger partial charge in [0, 0.05) is 4.90 Å². The molecule has 0 radical (unpaired) electrons. The summed E-state index contributed by atoms with van der Waals surface area (Å²) < 4.78 is 0. The molecule has 0 atom stereocenters. The van der Waals surface area contributed by atoms with E-state index in [4.69, 9.17) is 16.9 Å². The van der Waals surface area contributed by atoms with E-state index < -0.39 is 0 Å². The molecule has 0 unspecified atom stereocenters. The number of hydrogen-bond donors (Lipinski definition) is 0. The van der Waals surface area contributed by atoms with Crippen LogP contribution in [0.1, 0.15) is 11.1 Å². The second-order valence-electron chi connectivity index (χ2n) is 2.39. The van der Waals surface area contributed by atoms with Crippen molar-refractivity contribution >= 4 is 23.4 Å². The number of halogens is 1. The van der Waals surface area contributed by atoms with Crippen LogP contribution >= 0.6 is 23.4 Å². The Morgan fingerprint density at radius 1 is 1.50 bits per heavy atom. The van der Waals surface area contributed by atoms with Crippen LogP contribution in [0.3, 0.4) is 0 Å². The zero-order chi connectivity index (χ0) is 9.14. The molecular formula is C9H8ClNS. The Kier molecular flexibility index (Phi) is 3.02. The quantitative estimate of drug-likeness (QED) is 0.646. The zero-order valence-electron chi connectivity index (χ0n) is 6.89. The highest BCUT2D eigenvalue weighted by Gasteiger charge is 2.07. The van der Waals surface area contributed by atoms with E-state index >= 15 is 0 Å². The fourth-order valence-corrected chi connectivity index (χ4v) is 1.92. The maximum absolute atomic E-state index is 8.78. The SMILES string of the molecule is CSc1ccc(C)c(C#N)c1Cl. The first-order chi connectivity index (χ1) is 5.70. The van der Waals surface area contributed by atoms with E-state index in [0.29, 0.717) is 10.6 Å². The van der Waals surface area contributed by atoms with Crippen LogP contribution in [-0.2, 0) is 0 Å².